The maximum absolute atomic E-state index is 13.5. The number of halogens is 2. The van der Waals surface area contributed by atoms with Crippen LogP contribution in [0.2, 0.25) is 0 Å². The van der Waals surface area contributed by atoms with E-state index in [1.54, 1.807) is 0 Å². The molecule has 18 heavy (non-hydrogen) atoms. The fourth-order valence-electron chi connectivity index (χ4n) is 1.62. The van der Waals surface area contributed by atoms with Gasteiger partial charge in [-0.05, 0) is 18.9 Å². The summed E-state index contributed by atoms with van der Waals surface area (Å²) in [6, 6.07) is 1.21. The molecule has 1 heterocycles. The van der Waals surface area contributed by atoms with Crippen molar-refractivity contribution in [3.05, 3.63) is 23.8 Å². The Bertz CT molecular complexity index is 556. The van der Waals surface area contributed by atoms with Crippen LogP contribution in [-0.4, -0.2) is 26.0 Å². The van der Waals surface area contributed by atoms with E-state index in [9.17, 15) is 17.2 Å². The summed E-state index contributed by atoms with van der Waals surface area (Å²) >= 11 is 0. The van der Waals surface area contributed by atoms with E-state index >= 15 is 0 Å². The highest BCUT2D eigenvalue weighted by molar-refractivity contribution is 7.89. The van der Waals surface area contributed by atoms with Gasteiger partial charge in [-0.3, -0.25) is 4.84 Å². The van der Waals surface area contributed by atoms with Crippen molar-refractivity contribution in [3.8, 4) is 0 Å². The molecule has 0 aromatic heterocycles. The zero-order valence-corrected chi connectivity index (χ0v) is 10.2. The first kappa shape index (κ1) is 13.2. The number of hydrogen-bond donors (Lipinski definition) is 1. The summed E-state index contributed by atoms with van der Waals surface area (Å²) in [5.74, 6) is -2.18. The number of rotatable bonds is 2. The molecule has 5 nitrogen and oxygen atoms in total. The van der Waals surface area contributed by atoms with E-state index in [0.717, 1.165) is 12.5 Å². The summed E-state index contributed by atoms with van der Waals surface area (Å²) in [4.78, 5) is 4.29. The maximum atomic E-state index is 13.5. The van der Waals surface area contributed by atoms with Crippen LogP contribution in [0, 0.1) is 11.6 Å². The Balaban J connectivity index is 2.43. The van der Waals surface area contributed by atoms with Crippen molar-refractivity contribution >= 4 is 15.7 Å². The second kappa shape index (κ2) is 4.79. The van der Waals surface area contributed by atoms with Crippen molar-refractivity contribution in [3.63, 3.8) is 0 Å². The van der Waals surface area contributed by atoms with Crippen LogP contribution in [0.1, 0.15) is 12.8 Å². The Morgan fingerprint density at radius 3 is 2.56 bits per heavy atom. The third-order valence-electron chi connectivity index (χ3n) is 2.57. The quantitative estimate of drug-likeness (QED) is 0.827. The molecule has 1 aliphatic heterocycles. The molecule has 8 heteroatoms. The van der Waals surface area contributed by atoms with Gasteiger partial charge in [0.15, 0.2) is 0 Å². The minimum atomic E-state index is -4.14. The third-order valence-corrected chi connectivity index (χ3v) is 4.26. The van der Waals surface area contributed by atoms with Gasteiger partial charge in [-0.15, -0.1) is 0 Å². The molecule has 2 N–H and O–H groups in total. The fraction of sp³-hybridized carbons (Fsp3) is 0.400. The van der Waals surface area contributed by atoms with Gasteiger partial charge in [0.2, 0.25) is 0 Å². The number of nitrogens with zero attached hydrogens (tertiary/aromatic N) is 1. The van der Waals surface area contributed by atoms with E-state index in [1.165, 1.54) is 0 Å². The van der Waals surface area contributed by atoms with Crippen LogP contribution in [0.4, 0.5) is 14.5 Å². The highest BCUT2D eigenvalue weighted by atomic mass is 32.2. The lowest BCUT2D eigenvalue weighted by molar-refractivity contribution is -0.109. The standard InChI is InChI=1S/C10H12F2N2O3S/c11-7-5-8(12)10(6-9(7)13)18(15,16)14-3-1-2-4-17-14/h5-6H,1-4,13H2. The Labute approximate surface area is 103 Å². The molecule has 0 atom stereocenters. The monoisotopic (exact) mass is 278 g/mol. The van der Waals surface area contributed by atoms with Gasteiger partial charge in [0, 0.05) is 12.6 Å². The summed E-state index contributed by atoms with van der Waals surface area (Å²) in [6.45, 7) is 0.385. The first-order valence-electron chi connectivity index (χ1n) is 5.33. The predicted octanol–water partition coefficient (Wildman–Crippen LogP) is 1.26. The van der Waals surface area contributed by atoms with E-state index in [1.807, 2.05) is 0 Å². The van der Waals surface area contributed by atoms with Crippen LogP contribution in [0.5, 0.6) is 0 Å². The molecule has 0 unspecified atom stereocenters. The Morgan fingerprint density at radius 2 is 1.94 bits per heavy atom. The predicted molar refractivity (Wildman–Crippen MR) is 59.8 cm³/mol. The van der Waals surface area contributed by atoms with Gasteiger partial charge in [-0.25, -0.2) is 17.2 Å². The number of anilines is 1. The zero-order valence-electron chi connectivity index (χ0n) is 9.40. The Morgan fingerprint density at radius 1 is 1.22 bits per heavy atom. The second-order valence-electron chi connectivity index (χ2n) is 3.88. The lowest BCUT2D eigenvalue weighted by Gasteiger charge is -2.25. The number of hydroxylamine groups is 1. The molecule has 0 aliphatic carbocycles. The van der Waals surface area contributed by atoms with Gasteiger partial charge >= 0.3 is 0 Å². The van der Waals surface area contributed by atoms with E-state index < -0.39 is 32.2 Å². The number of sulfonamides is 1. The lowest BCUT2D eigenvalue weighted by atomic mass is 10.3. The molecule has 1 aromatic rings. The largest absolute Gasteiger partial charge is 0.396 e. The molecule has 0 spiro atoms. The molecule has 0 bridgehead atoms. The Hall–Kier alpha value is -1.25. The zero-order chi connectivity index (χ0) is 13.3. The molecule has 0 radical (unpaired) electrons. The van der Waals surface area contributed by atoms with E-state index in [4.69, 9.17) is 10.6 Å². The van der Waals surface area contributed by atoms with Crippen LogP contribution in [0.15, 0.2) is 17.0 Å². The van der Waals surface area contributed by atoms with Gasteiger partial charge in [-0.2, -0.15) is 0 Å². The summed E-state index contributed by atoms with van der Waals surface area (Å²) in [7, 11) is -4.14. The molecule has 100 valence electrons. The van der Waals surface area contributed by atoms with E-state index in [-0.39, 0.29) is 13.2 Å². The molecule has 1 aliphatic rings. The molecular formula is C10H12F2N2O3S. The fourth-order valence-corrected chi connectivity index (χ4v) is 3.00. The third kappa shape index (κ3) is 2.31. The van der Waals surface area contributed by atoms with Crippen molar-refractivity contribution in [1.82, 2.24) is 4.47 Å². The van der Waals surface area contributed by atoms with Gasteiger partial charge < -0.3 is 5.73 Å². The van der Waals surface area contributed by atoms with Crippen molar-refractivity contribution < 1.29 is 22.0 Å². The smallest absolute Gasteiger partial charge is 0.268 e. The van der Waals surface area contributed by atoms with Crippen molar-refractivity contribution in [2.24, 2.45) is 0 Å². The minimum Gasteiger partial charge on any atom is -0.396 e. The summed E-state index contributed by atoms with van der Waals surface area (Å²) in [6.07, 6.45) is 1.36. The van der Waals surface area contributed by atoms with Crippen LogP contribution < -0.4 is 5.73 Å². The SMILES string of the molecule is Nc1cc(S(=O)(=O)N2CCCCO2)c(F)cc1F. The van der Waals surface area contributed by atoms with Gasteiger partial charge in [0.25, 0.3) is 10.0 Å². The molecule has 1 saturated heterocycles. The molecule has 0 amide bonds. The lowest BCUT2D eigenvalue weighted by Crippen LogP contribution is -2.36. The molecule has 1 fully saturated rings. The van der Waals surface area contributed by atoms with Gasteiger partial charge in [0.05, 0.1) is 12.3 Å². The normalized spacial score (nSPS) is 17.9. The maximum Gasteiger partial charge on any atom is 0.268 e. The van der Waals surface area contributed by atoms with Crippen molar-refractivity contribution in [2.45, 2.75) is 17.7 Å². The molecular weight excluding hydrogens is 266 g/mol. The molecule has 1 aromatic carbocycles. The summed E-state index contributed by atoms with van der Waals surface area (Å²) in [5.41, 5.74) is 4.83. The molecule has 0 saturated carbocycles. The van der Waals surface area contributed by atoms with E-state index in [2.05, 4.69) is 0 Å². The van der Waals surface area contributed by atoms with Crippen LogP contribution in [-0.2, 0) is 14.9 Å². The summed E-state index contributed by atoms with van der Waals surface area (Å²) < 4.78 is 51.3. The number of nitrogen functional groups attached to an aromatic ring is 1. The van der Waals surface area contributed by atoms with Crippen molar-refractivity contribution in [1.29, 1.82) is 0 Å². The van der Waals surface area contributed by atoms with Crippen LogP contribution in [0.25, 0.3) is 0 Å². The highest BCUT2D eigenvalue weighted by Gasteiger charge is 2.30. The topological polar surface area (TPSA) is 72.6 Å². The first-order valence-corrected chi connectivity index (χ1v) is 6.77. The van der Waals surface area contributed by atoms with E-state index in [0.29, 0.717) is 17.0 Å². The Kier molecular flexibility index (Phi) is 3.51. The minimum absolute atomic E-state index is 0.138. The average molecular weight is 278 g/mol. The van der Waals surface area contributed by atoms with Crippen LogP contribution in [0.3, 0.4) is 0 Å². The second-order valence-corrected chi connectivity index (χ2v) is 5.67. The first-order chi connectivity index (χ1) is 8.43. The number of benzene rings is 1. The van der Waals surface area contributed by atoms with Crippen molar-refractivity contribution in [2.75, 3.05) is 18.9 Å². The summed E-state index contributed by atoms with van der Waals surface area (Å²) in [5, 5.41) is 0. The number of hydrogen-bond acceptors (Lipinski definition) is 4. The number of nitrogens with two attached hydrogens (primary N) is 1. The molecule has 2 rings (SSSR count). The van der Waals surface area contributed by atoms with Gasteiger partial charge in [-0.1, -0.05) is 4.47 Å². The van der Waals surface area contributed by atoms with Crippen LogP contribution >= 0.6 is 0 Å². The highest BCUT2D eigenvalue weighted by Crippen LogP contribution is 2.25. The average Bonchev–Trinajstić information content (AvgIpc) is 2.34. The van der Waals surface area contributed by atoms with Gasteiger partial charge in [0.1, 0.15) is 16.5 Å².